The fourth-order valence-corrected chi connectivity index (χ4v) is 1.90. The summed E-state index contributed by atoms with van der Waals surface area (Å²) in [4.78, 5) is 15.0. The molecule has 5 heteroatoms. The third-order valence-electron chi connectivity index (χ3n) is 2.72. The molecule has 3 rings (SSSR count). The van der Waals surface area contributed by atoms with Gasteiger partial charge in [0.1, 0.15) is 6.10 Å². The molecule has 5 nitrogen and oxygen atoms in total. The number of ether oxygens (including phenoxy) is 1. The average Bonchev–Trinajstić information content (AvgIpc) is 2.96. The summed E-state index contributed by atoms with van der Waals surface area (Å²) < 4.78 is 7.14. The summed E-state index contributed by atoms with van der Waals surface area (Å²) in [5.74, 6) is 0.709. The van der Waals surface area contributed by atoms with Crippen molar-refractivity contribution < 1.29 is 9.53 Å². The van der Waals surface area contributed by atoms with Crippen molar-refractivity contribution in [2.45, 2.75) is 18.9 Å². The Labute approximate surface area is 92.1 Å². The number of fused-ring (bicyclic) bond motifs is 1. The topological polar surface area (TPSA) is 56.5 Å². The lowest BCUT2D eigenvalue weighted by Crippen LogP contribution is -1.98. The van der Waals surface area contributed by atoms with Gasteiger partial charge < -0.3 is 4.74 Å². The maximum absolute atomic E-state index is 10.6. The minimum absolute atomic E-state index is 0.0135. The summed E-state index contributed by atoms with van der Waals surface area (Å²) in [5, 5.41) is 4.32. The minimum Gasteiger partial charge on any atom is -0.370 e. The highest BCUT2D eigenvalue weighted by Crippen LogP contribution is 2.26. The highest BCUT2D eigenvalue weighted by Gasteiger charge is 2.22. The molecule has 0 N–H and O–H groups in total. The second-order valence-electron chi connectivity index (χ2n) is 3.85. The zero-order chi connectivity index (χ0) is 11.0. The molecule has 1 unspecified atom stereocenters. The van der Waals surface area contributed by atoms with E-state index in [4.69, 9.17) is 4.74 Å². The Morgan fingerprint density at radius 3 is 3.19 bits per heavy atom. The lowest BCUT2D eigenvalue weighted by molar-refractivity contribution is 0.105. The summed E-state index contributed by atoms with van der Waals surface area (Å²) in [6.45, 7) is 0.778. The number of pyridine rings is 1. The second kappa shape index (κ2) is 3.68. The fraction of sp³-hybridized carbons (Fsp3) is 0.364. The van der Waals surface area contributed by atoms with Crippen LogP contribution in [0.3, 0.4) is 0 Å². The van der Waals surface area contributed by atoms with Gasteiger partial charge in [0.2, 0.25) is 0 Å². The van der Waals surface area contributed by atoms with Gasteiger partial charge in [0.05, 0.1) is 0 Å². The van der Waals surface area contributed by atoms with Crippen molar-refractivity contribution in [3.8, 4) is 0 Å². The van der Waals surface area contributed by atoms with Crippen LogP contribution >= 0.6 is 0 Å². The first-order valence-corrected chi connectivity index (χ1v) is 5.30. The molecule has 0 saturated carbocycles. The second-order valence-corrected chi connectivity index (χ2v) is 3.85. The van der Waals surface area contributed by atoms with Crippen LogP contribution in [0.4, 0.5) is 0 Å². The lowest BCUT2D eigenvalue weighted by atomic mass is 10.2. The van der Waals surface area contributed by atoms with E-state index in [1.807, 2.05) is 0 Å². The summed E-state index contributed by atoms with van der Waals surface area (Å²) in [5.41, 5.74) is 1.34. The number of nitrogens with zero attached hydrogens (tertiary/aromatic N) is 3. The molecule has 0 aliphatic carbocycles. The third-order valence-corrected chi connectivity index (χ3v) is 2.72. The Balaban J connectivity index is 2.04. The molecule has 2 aromatic heterocycles. The molecule has 0 aromatic carbocycles. The van der Waals surface area contributed by atoms with E-state index in [1.165, 1.54) is 0 Å². The van der Waals surface area contributed by atoms with Crippen molar-refractivity contribution in [3.63, 3.8) is 0 Å². The monoisotopic (exact) mass is 217 g/mol. The molecule has 1 aliphatic rings. The maximum Gasteiger partial charge on any atom is 0.180 e. The molecule has 1 atom stereocenters. The number of carbonyl (C=O) groups is 1. The van der Waals surface area contributed by atoms with Gasteiger partial charge in [-0.25, -0.2) is 9.50 Å². The first-order chi connectivity index (χ1) is 7.86. The number of hydrogen-bond acceptors (Lipinski definition) is 4. The molecule has 0 radical (unpaired) electrons. The van der Waals surface area contributed by atoms with Crippen molar-refractivity contribution >= 4 is 11.9 Å². The van der Waals surface area contributed by atoms with Crippen molar-refractivity contribution in [1.82, 2.24) is 14.6 Å². The molecule has 0 bridgehead atoms. The van der Waals surface area contributed by atoms with E-state index in [0.29, 0.717) is 11.4 Å². The first-order valence-electron chi connectivity index (χ1n) is 5.30. The SMILES string of the molecule is O=Cc1ccc2nc(C3CCCO3)nn2c1. The molecular weight excluding hydrogens is 206 g/mol. The molecule has 1 aliphatic heterocycles. The van der Waals surface area contributed by atoms with Gasteiger partial charge in [-0.15, -0.1) is 5.10 Å². The van der Waals surface area contributed by atoms with Crippen LogP contribution in [0.1, 0.15) is 35.1 Å². The van der Waals surface area contributed by atoms with Crippen LogP contribution in [-0.4, -0.2) is 27.5 Å². The zero-order valence-electron chi connectivity index (χ0n) is 8.67. The quantitative estimate of drug-likeness (QED) is 0.713. The lowest BCUT2D eigenvalue weighted by Gasteiger charge is -2.01. The summed E-state index contributed by atoms with van der Waals surface area (Å²) in [6, 6.07) is 3.52. The van der Waals surface area contributed by atoms with Crippen molar-refractivity contribution in [2.24, 2.45) is 0 Å². The Kier molecular flexibility index (Phi) is 2.18. The molecule has 0 spiro atoms. The molecule has 3 heterocycles. The molecule has 1 saturated heterocycles. The van der Waals surface area contributed by atoms with Gasteiger partial charge in [-0.2, -0.15) is 0 Å². The number of aldehydes is 1. The van der Waals surface area contributed by atoms with Crippen molar-refractivity contribution in [1.29, 1.82) is 0 Å². The van der Waals surface area contributed by atoms with E-state index < -0.39 is 0 Å². The Morgan fingerprint density at radius 2 is 2.44 bits per heavy atom. The number of aromatic nitrogens is 3. The van der Waals surface area contributed by atoms with E-state index in [0.717, 1.165) is 31.4 Å². The van der Waals surface area contributed by atoms with E-state index in [1.54, 1.807) is 22.8 Å². The van der Waals surface area contributed by atoms with Crippen LogP contribution in [0.5, 0.6) is 0 Å². The van der Waals surface area contributed by atoms with Crippen LogP contribution in [0.25, 0.3) is 5.65 Å². The first kappa shape index (κ1) is 9.47. The Morgan fingerprint density at radius 1 is 1.50 bits per heavy atom. The van der Waals surface area contributed by atoms with E-state index >= 15 is 0 Å². The zero-order valence-corrected chi connectivity index (χ0v) is 8.67. The highest BCUT2D eigenvalue weighted by atomic mass is 16.5. The molecular formula is C11H11N3O2. The van der Waals surface area contributed by atoms with Crippen LogP contribution in [0, 0.1) is 0 Å². The highest BCUT2D eigenvalue weighted by molar-refractivity contribution is 5.74. The van der Waals surface area contributed by atoms with Gasteiger partial charge in [-0.3, -0.25) is 4.79 Å². The van der Waals surface area contributed by atoms with Gasteiger partial charge in [0.25, 0.3) is 0 Å². The number of carbonyl (C=O) groups excluding carboxylic acids is 1. The summed E-state index contributed by atoms with van der Waals surface area (Å²) >= 11 is 0. The largest absolute Gasteiger partial charge is 0.370 e. The van der Waals surface area contributed by atoms with Crippen LogP contribution < -0.4 is 0 Å². The molecule has 0 amide bonds. The summed E-state index contributed by atoms with van der Waals surface area (Å²) in [7, 11) is 0. The molecule has 2 aromatic rings. The smallest absolute Gasteiger partial charge is 0.180 e. The predicted molar refractivity (Wildman–Crippen MR) is 56.3 cm³/mol. The minimum atomic E-state index is 0.0135. The van der Waals surface area contributed by atoms with Crippen LogP contribution in [-0.2, 0) is 4.74 Å². The van der Waals surface area contributed by atoms with Crippen molar-refractivity contribution in [3.05, 3.63) is 29.7 Å². The Bertz CT molecular complexity index is 529. The van der Waals surface area contributed by atoms with E-state index in [9.17, 15) is 4.79 Å². The van der Waals surface area contributed by atoms with Gasteiger partial charge in [-0.1, -0.05) is 0 Å². The molecule has 82 valence electrons. The number of hydrogen-bond donors (Lipinski definition) is 0. The van der Waals surface area contributed by atoms with E-state index in [2.05, 4.69) is 10.1 Å². The standard InChI is InChI=1S/C11H11N3O2/c15-7-8-3-4-10-12-11(13-14(10)6-8)9-2-1-5-16-9/h3-4,6-7,9H,1-2,5H2. The van der Waals surface area contributed by atoms with Crippen LogP contribution in [0.2, 0.25) is 0 Å². The summed E-state index contributed by atoms with van der Waals surface area (Å²) in [6.07, 6.45) is 4.51. The van der Waals surface area contributed by atoms with Gasteiger partial charge in [-0.05, 0) is 25.0 Å². The Hall–Kier alpha value is -1.75. The van der Waals surface area contributed by atoms with Crippen molar-refractivity contribution in [2.75, 3.05) is 6.61 Å². The average molecular weight is 217 g/mol. The maximum atomic E-state index is 10.6. The third kappa shape index (κ3) is 1.49. The molecule has 16 heavy (non-hydrogen) atoms. The van der Waals surface area contributed by atoms with Crippen LogP contribution in [0.15, 0.2) is 18.3 Å². The normalized spacial score (nSPS) is 20.4. The number of rotatable bonds is 2. The van der Waals surface area contributed by atoms with E-state index in [-0.39, 0.29) is 6.10 Å². The fourth-order valence-electron chi connectivity index (χ4n) is 1.90. The molecule has 1 fully saturated rings. The van der Waals surface area contributed by atoms with Gasteiger partial charge >= 0.3 is 0 Å². The predicted octanol–water partition coefficient (Wildman–Crippen LogP) is 1.39. The van der Waals surface area contributed by atoms with Gasteiger partial charge in [0, 0.05) is 18.4 Å². The van der Waals surface area contributed by atoms with Gasteiger partial charge in [0.15, 0.2) is 17.8 Å².